The lowest BCUT2D eigenvalue weighted by Crippen LogP contribution is -1.99. The fourth-order valence-electron chi connectivity index (χ4n) is 1.56. The van der Waals surface area contributed by atoms with E-state index < -0.39 is 0 Å². The lowest BCUT2D eigenvalue weighted by Gasteiger charge is -2.05. The van der Waals surface area contributed by atoms with Crippen LogP contribution in [0.4, 0.5) is 0 Å². The largest absolute Gasteiger partial charge is 0.465 e. The van der Waals surface area contributed by atoms with Crippen molar-refractivity contribution < 1.29 is 4.42 Å². The van der Waals surface area contributed by atoms with Crippen LogP contribution in [0, 0.1) is 0 Å². The zero-order valence-electron chi connectivity index (χ0n) is 9.63. The molecule has 1 aromatic heterocycles. The Bertz CT molecular complexity index is 289. The summed E-state index contributed by atoms with van der Waals surface area (Å²) in [5.41, 5.74) is 6.85. The highest BCUT2D eigenvalue weighted by molar-refractivity contribution is 5.25. The van der Waals surface area contributed by atoms with Crippen LogP contribution in [0.2, 0.25) is 0 Å². The summed E-state index contributed by atoms with van der Waals surface area (Å²) >= 11 is 0. The molecule has 14 heavy (non-hydrogen) atoms. The molecule has 1 heterocycles. The molecule has 1 atom stereocenters. The quantitative estimate of drug-likeness (QED) is 0.800. The Labute approximate surface area is 86.5 Å². The van der Waals surface area contributed by atoms with Crippen molar-refractivity contribution in [2.24, 2.45) is 5.73 Å². The first-order valence-electron chi connectivity index (χ1n) is 5.42. The summed E-state index contributed by atoms with van der Waals surface area (Å²) in [6.07, 6.45) is 1.11. The van der Waals surface area contributed by atoms with Gasteiger partial charge in [-0.05, 0) is 12.5 Å². The Kier molecular flexibility index (Phi) is 3.76. The van der Waals surface area contributed by atoms with E-state index in [0.717, 1.165) is 23.5 Å². The van der Waals surface area contributed by atoms with E-state index in [9.17, 15) is 0 Å². The molecule has 2 heteroatoms. The van der Waals surface area contributed by atoms with Crippen LogP contribution in [-0.4, -0.2) is 0 Å². The van der Waals surface area contributed by atoms with Crippen LogP contribution >= 0.6 is 0 Å². The molecule has 0 bridgehead atoms. The molecule has 2 nitrogen and oxygen atoms in total. The minimum absolute atomic E-state index is 0.423. The number of rotatable bonds is 4. The molecule has 0 aromatic carbocycles. The molecule has 0 saturated carbocycles. The summed E-state index contributed by atoms with van der Waals surface area (Å²) in [6.45, 7) is 9.21. The summed E-state index contributed by atoms with van der Waals surface area (Å²) in [5, 5.41) is 0. The van der Waals surface area contributed by atoms with Crippen molar-refractivity contribution in [1.29, 1.82) is 0 Å². The molecule has 80 valence electrons. The van der Waals surface area contributed by atoms with Gasteiger partial charge >= 0.3 is 0 Å². The summed E-state index contributed by atoms with van der Waals surface area (Å²) in [7, 11) is 0. The first kappa shape index (κ1) is 11.3. The van der Waals surface area contributed by atoms with Crippen LogP contribution in [0.1, 0.15) is 63.0 Å². The Hall–Kier alpha value is -0.760. The molecule has 1 aromatic rings. The monoisotopic (exact) mass is 195 g/mol. The zero-order valence-corrected chi connectivity index (χ0v) is 9.63. The third kappa shape index (κ3) is 2.18. The predicted molar refractivity (Wildman–Crippen MR) is 59.4 cm³/mol. The number of nitrogens with two attached hydrogens (primary N) is 1. The highest BCUT2D eigenvalue weighted by Gasteiger charge is 2.15. The molecule has 0 amide bonds. The molecule has 1 rings (SSSR count). The van der Waals surface area contributed by atoms with Gasteiger partial charge in [0.25, 0.3) is 0 Å². The van der Waals surface area contributed by atoms with E-state index in [-0.39, 0.29) is 0 Å². The zero-order chi connectivity index (χ0) is 10.7. The maximum atomic E-state index is 5.84. The maximum Gasteiger partial charge on any atom is 0.111 e. The lowest BCUT2D eigenvalue weighted by atomic mass is 10.0. The molecule has 0 aliphatic rings. The van der Waals surface area contributed by atoms with Gasteiger partial charge in [-0.3, -0.25) is 0 Å². The smallest absolute Gasteiger partial charge is 0.111 e. The molecule has 0 saturated heterocycles. The van der Waals surface area contributed by atoms with Crippen LogP contribution in [0.15, 0.2) is 10.5 Å². The van der Waals surface area contributed by atoms with Crippen molar-refractivity contribution in [3.63, 3.8) is 0 Å². The van der Waals surface area contributed by atoms with Crippen LogP contribution in [0.5, 0.6) is 0 Å². The highest BCUT2D eigenvalue weighted by atomic mass is 16.3. The molecule has 0 fully saturated rings. The second-order valence-corrected chi connectivity index (χ2v) is 4.21. The van der Waals surface area contributed by atoms with E-state index in [1.807, 2.05) is 0 Å². The Balaban J connectivity index is 3.00. The molecule has 1 unspecified atom stereocenters. The van der Waals surface area contributed by atoms with Crippen molar-refractivity contribution in [1.82, 2.24) is 0 Å². The third-order valence-corrected chi connectivity index (χ3v) is 2.70. The summed E-state index contributed by atoms with van der Waals surface area (Å²) < 4.78 is 5.84. The van der Waals surface area contributed by atoms with Gasteiger partial charge < -0.3 is 10.2 Å². The minimum atomic E-state index is 0.423. The van der Waals surface area contributed by atoms with Gasteiger partial charge in [0.2, 0.25) is 0 Å². The molecule has 2 N–H and O–H groups in total. The van der Waals surface area contributed by atoms with Crippen molar-refractivity contribution in [2.45, 2.75) is 52.5 Å². The summed E-state index contributed by atoms with van der Waals surface area (Å²) in [6, 6.07) is 2.11. The van der Waals surface area contributed by atoms with Crippen LogP contribution < -0.4 is 5.73 Å². The topological polar surface area (TPSA) is 39.2 Å². The van der Waals surface area contributed by atoms with E-state index >= 15 is 0 Å². The summed E-state index contributed by atoms with van der Waals surface area (Å²) in [5.74, 6) is 3.05. The van der Waals surface area contributed by atoms with Gasteiger partial charge in [0.05, 0.1) is 0 Å². The van der Waals surface area contributed by atoms with E-state index in [4.69, 9.17) is 10.2 Å². The van der Waals surface area contributed by atoms with Crippen LogP contribution in [0.25, 0.3) is 0 Å². The van der Waals surface area contributed by atoms with E-state index in [2.05, 4.69) is 33.8 Å². The van der Waals surface area contributed by atoms with Gasteiger partial charge in [-0.15, -0.1) is 0 Å². The summed E-state index contributed by atoms with van der Waals surface area (Å²) in [4.78, 5) is 0. The van der Waals surface area contributed by atoms with Gasteiger partial charge in [-0.25, -0.2) is 0 Å². The van der Waals surface area contributed by atoms with Crippen molar-refractivity contribution in [3.05, 3.63) is 23.2 Å². The van der Waals surface area contributed by atoms with Crippen molar-refractivity contribution in [3.8, 4) is 0 Å². The second kappa shape index (κ2) is 4.65. The fraction of sp³-hybridized carbons (Fsp3) is 0.667. The highest BCUT2D eigenvalue weighted by Crippen LogP contribution is 2.28. The number of hydrogen-bond acceptors (Lipinski definition) is 2. The van der Waals surface area contributed by atoms with Gasteiger partial charge in [0, 0.05) is 23.9 Å². The molecule has 0 aliphatic carbocycles. The van der Waals surface area contributed by atoms with Gasteiger partial charge in [-0.2, -0.15) is 0 Å². The average Bonchev–Trinajstić information content (AvgIpc) is 2.60. The van der Waals surface area contributed by atoms with Crippen LogP contribution in [0.3, 0.4) is 0 Å². The fourth-order valence-corrected chi connectivity index (χ4v) is 1.56. The minimum Gasteiger partial charge on any atom is -0.465 e. The standard InChI is InChI=1S/C12H21NO/c1-5-9(4)11-6-10(7-13)12(14-11)8(2)3/h6,8-9H,5,7,13H2,1-4H3. The number of furan rings is 1. The molecule has 0 spiro atoms. The Morgan fingerprint density at radius 2 is 2.00 bits per heavy atom. The SMILES string of the molecule is CCC(C)c1cc(CN)c(C(C)C)o1. The van der Waals surface area contributed by atoms with E-state index in [1.54, 1.807) is 0 Å². The first-order valence-corrected chi connectivity index (χ1v) is 5.42. The lowest BCUT2D eigenvalue weighted by molar-refractivity contribution is 0.418. The normalized spacial score (nSPS) is 13.6. The maximum absolute atomic E-state index is 5.84. The van der Waals surface area contributed by atoms with Crippen LogP contribution in [-0.2, 0) is 6.54 Å². The Morgan fingerprint density at radius 3 is 2.36 bits per heavy atom. The van der Waals surface area contributed by atoms with Crippen molar-refractivity contribution in [2.75, 3.05) is 0 Å². The van der Waals surface area contributed by atoms with Crippen molar-refractivity contribution >= 4 is 0 Å². The van der Waals surface area contributed by atoms with Gasteiger partial charge in [0.15, 0.2) is 0 Å². The van der Waals surface area contributed by atoms with E-state index in [0.29, 0.717) is 18.4 Å². The predicted octanol–water partition coefficient (Wildman–Crippen LogP) is 3.38. The van der Waals surface area contributed by atoms with E-state index in [1.165, 1.54) is 0 Å². The molecule has 0 radical (unpaired) electrons. The van der Waals surface area contributed by atoms with Gasteiger partial charge in [-0.1, -0.05) is 27.7 Å². The second-order valence-electron chi connectivity index (χ2n) is 4.21. The van der Waals surface area contributed by atoms with Gasteiger partial charge in [0.1, 0.15) is 11.5 Å². The molecular formula is C12H21NO. The first-order chi connectivity index (χ1) is 6.60. The molecular weight excluding hydrogens is 174 g/mol. The Morgan fingerprint density at radius 1 is 1.36 bits per heavy atom. The average molecular weight is 195 g/mol. The molecule has 0 aliphatic heterocycles. The third-order valence-electron chi connectivity index (χ3n) is 2.70. The number of hydrogen-bond donors (Lipinski definition) is 1.